The van der Waals surface area contributed by atoms with E-state index in [0.29, 0.717) is 11.4 Å². The lowest BCUT2D eigenvalue weighted by molar-refractivity contribution is -0.384. The summed E-state index contributed by atoms with van der Waals surface area (Å²) in [6.07, 6.45) is 3.70. The van der Waals surface area contributed by atoms with Crippen molar-refractivity contribution >= 4 is 51.4 Å². The second kappa shape index (κ2) is 7.96. The van der Waals surface area contributed by atoms with E-state index in [0.717, 1.165) is 33.8 Å². The number of aliphatic imine (C=N–C) groups is 1. The number of thioether (sulfide) groups is 1. The van der Waals surface area contributed by atoms with Crippen molar-refractivity contribution in [2.24, 2.45) is 4.99 Å². The van der Waals surface area contributed by atoms with Crippen LogP contribution in [0.3, 0.4) is 0 Å². The van der Waals surface area contributed by atoms with Gasteiger partial charge in [0.25, 0.3) is 11.6 Å². The zero-order valence-corrected chi connectivity index (χ0v) is 16.7. The van der Waals surface area contributed by atoms with Crippen LogP contribution in [-0.4, -0.2) is 26.5 Å². The molecule has 0 atom stereocenters. The summed E-state index contributed by atoms with van der Waals surface area (Å²) in [7, 11) is 0. The van der Waals surface area contributed by atoms with Crippen molar-refractivity contribution in [3.63, 3.8) is 0 Å². The van der Waals surface area contributed by atoms with Gasteiger partial charge in [0.2, 0.25) is 5.91 Å². The van der Waals surface area contributed by atoms with Crippen molar-refractivity contribution in [2.45, 2.75) is 13.5 Å². The highest BCUT2D eigenvalue weighted by Gasteiger charge is 2.23. The number of benzene rings is 2. The Morgan fingerprint density at radius 1 is 1.23 bits per heavy atom. The monoisotopic (exact) mass is 420 g/mol. The molecule has 8 nitrogen and oxygen atoms in total. The molecular formula is C21H16N4O4S. The number of amidine groups is 1. The third-order valence-corrected chi connectivity index (χ3v) is 5.41. The number of rotatable bonds is 4. The highest BCUT2D eigenvalue weighted by molar-refractivity contribution is 8.18. The van der Waals surface area contributed by atoms with Gasteiger partial charge in [-0.2, -0.15) is 4.99 Å². The van der Waals surface area contributed by atoms with Crippen LogP contribution in [0.15, 0.2) is 64.6 Å². The quantitative estimate of drug-likeness (QED) is 0.393. The number of nitrogens with zero attached hydrogens (tertiary/aromatic N) is 3. The van der Waals surface area contributed by atoms with Gasteiger partial charge < -0.3 is 9.88 Å². The van der Waals surface area contributed by atoms with Crippen molar-refractivity contribution in [3.8, 4) is 0 Å². The van der Waals surface area contributed by atoms with Crippen molar-refractivity contribution < 1.29 is 14.5 Å². The van der Waals surface area contributed by atoms with Crippen LogP contribution in [-0.2, 0) is 16.1 Å². The second-order valence-electron chi connectivity index (χ2n) is 6.67. The van der Waals surface area contributed by atoms with Gasteiger partial charge in [-0.15, -0.1) is 0 Å². The van der Waals surface area contributed by atoms with Crippen LogP contribution in [0.2, 0.25) is 0 Å². The van der Waals surface area contributed by atoms with Gasteiger partial charge in [0.1, 0.15) is 0 Å². The minimum absolute atomic E-state index is 0.0493. The van der Waals surface area contributed by atoms with E-state index in [4.69, 9.17) is 0 Å². The second-order valence-corrected chi connectivity index (χ2v) is 7.70. The van der Waals surface area contributed by atoms with Gasteiger partial charge in [0.05, 0.1) is 9.83 Å². The number of nitrogens with one attached hydrogen (secondary N) is 1. The average molecular weight is 420 g/mol. The summed E-state index contributed by atoms with van der Waals surface area (Å²) in [6.45, 7) is 1.89. The Morgan fingerprint density at radius 2 is 1.97 bits per heavy atom. The van der Waals surface area contributed by atoms with Crippen molar-refractivity contribution in [2.75, 3.05) is 0 Å². The number of nitro benzene ring substituents is 1. The van der Waals surface area contributed by atoms with Gasteiger partial charge in [-0.05, 0) is 29.5 Å². The highest BCUT2D eigenvalue weighted by atomic mass is 32.2. The van der Waals surface area contributed by atoms with E-state index in [9.17, 15) is 19.7 Å². The summed E-state index contributed by atoms with van der Waals surface area (Å²) >= 11 is 1.12. The summed E-state index contributed by atoms with van der Waals surface area (Å²) in [6, 6.07) is 14.2. The van der Waals surface area contributed by atoms with Crippen LogP contribution in [0.25, 0.3) is 17.0 Å². The molecule has 2 heterocycles. The molecule has 2 aromatic carbocycles. The Morgan fingerprint density at radius 3 is 2.67 bits per heavy atom. The van der Waals surface area contributed by atoms with E-state index in [-0.39, 0.29) is 16.8 Å². The third kappa shape index (κ3) is 4.01. The van der Waals surface area contributed by atoms with Gasteiger partial charge in [-0.3, -0.25) is 19.7 Å². The van der Waals surface area contributed by atoms with Gasteiger partial charge >= 0.3 is 0 Å². The summed E-state index contributed by atoms with van der Waals surface area (Å²) in [5.41, 5.74) is 2.79. The maximum absolute atomic E-state index is 12.2. The molecule has 1 aliphatic heterocycles. The van der Waals surface area contributed by atoms with Gasteiger partial charge in [0, 0.05) is 48.3 Å². The molecule has 0 spiro atoms. The molecule has 1 aromatic heterocycles. The molecule has 0 saturated carbocycles. The molecule has 1 N–H and O–H groups in total. The first kappa shape index (κ1) is 19.6. The zero-order valence-electron chi connectivity index (χ0n) is 15.9. The molecule has 0 fully saturated rings. The minimum Gasteiger partial charge on any atom is -0.342 e. The normalized spacial score (nSPS) is 14.9. The fraction of sp³-hybridized carbons (Fsp3) is 0.0952. The number of carbonyl (C=O) groups is 2. The first-order valence-corrected chi connectivity index (χ1v) is 9.84. The summed E-state index contributed by atoms with van der Waals surface area (Å²) in [5.74, 6) is -0.675. The maximum atomic E-state index is 12.2. The Labute approximate surface area is 175 Å². The number of amides is 2. The largest absolute Gasteiger partial charge is 0.342 e. The fourth-order valence-electron chi connectivity index (χ4n) is 3.20. The van der Waals surface area contributed by atoms with E-state index < -0.39 is 10.8 Å². The number of non-ortho nitro benzene ring substituents is 1. The molecule has 4 rings (SSSR count). The van der Waals surface area contributed by atoms with E-state index in [1.54, 1.807) is 18.2 Å². The van der Waals surface area contributed by atoms with Crippen LogP contribution in [0.1, 0.15) is 18.1 Å². The number of hydrogen-bond donors (Lipinski definition) is 1. The molecule has 0 aliphatic carbocycles. The fourth-order valence-corrected chi connectivity index (χ4v) is 4.05. The van der Waals surface area contributed by atoms with Crippen LogP contribution in [0.5, 0.6) is 0 Å². The van der Waals surface area contributed by atoms with Crippen molar-refractivity contribution in [1.82, 2.24) is 9.88 Å². The van der Waals surface area contributed by atoms with Crippen LogP contribution in [0, 0.1) is 10.1 Å². The van der Waals surface area contributed by atoms with E-state index in [2.05, 4.69) is 10.3 Å². The number of para-hydroxylation sites is 1. The molecule has 0 radical (unpaired) electrons. The van der Waals surface area contributed by atoms with E-state index >= 15 is 0 Å². The molecule has 9 heteroatoms. The van der Waals surface area contributed by atoms with Crippen LogP contribution >= 0.6 is 11.8 Å². The molecule has 0 saturated heterocycles. The Bertz CT molecular complexity index is 1240. The lowest BCUT2D eigenvalue weighted by Crippen LogP contribution is -2.23. The predicted molar refractivity (Wildman–Crippen MR) is 116 cm³/mol. The van der Waals surface area contributed by atoms with Gasteiger partial charge in [-0.1, -0.05) is 30.3 Å². The predicted octanol–water partition coefficient (Wildman–Crippen LogP) is 3.70. The molecular weight excluding hydrogens is 404 g/mol. The highest BCUT2D eigenvalue weighted by Crippen LogP contribution is 2.31. The van der Waals surface area contributed by atoms with Crippen molar-refractivity contribution in [3.05, 3.63) is 80.9 Å². The molecule has 1 aliphatic rings. The third-order valence-electron chi connectivity index (χ3n) is 4.51. The van der Waals surface area contributed by atoms with Gasteiger partial charge in [0.15, 0.2) is 5.17 Å². The molecule has 150 valence electrons. The lowest BCUT2D eigenvalue weighted by atomic mass is 10.1. The van der Waals surface area contributed by atoms with Crippen molar-refractivity contribution in [1.29, 1.82) is 0 Å². The first-order chi connectivity index (χ1) is 14.4. The molecule has 2 amide bonds. The minimum atomic E-state index is -0.424. The van der Waals surface area contributed by atoms with E-state index in [1.807, 2.05) is 35.0 Å². The zero-order chi connectivity index (χ0) is 21.3. The van der Waals surface area contributed by atoms with Gasteiger partial charge in [-0.25, -0.2) is 0 Å². The number of aromatic nitrogens is 1. The Hall–Kier alpha value is -3.72. The standard InChI is InChI=1S/C21H16N4O4S/c1-13(26)22-21-23-20(27)19(30-21)10-15-12-24(18-5-3-2-4-17(15)18)11-14-6-8-16(9-7-14)25(28)29/h2-10,12H,11H2,1H3,(H,22,23,26,27)/b19-10+. The number of hydrogen-bond acceptors (Lipinski definition) is 5. The summed E-state index contributed by atoms with van der Waals surface area (Å²) in [4.78, 5) is 38.1. The molecule has 0 bridgehead atoms. The number of fused-ring (bicyclic) bond motifs is 1. The Kier molecular flexibility index (Phi) is 5.20. The number of carbonyl (C=O) groups excluding carboxylic acids is 2. The van der Waals surface area contributed by atoms with Crippen LogP contribution in [0.4, 0.5) is 5.69 Å². The molecule has 0 unspecified atom stereocenters. The smallest absolute Gasteiger partial charge is 0.286 e. The summed E-state index contributed by atoms with van der Waals surface area (Å²) in [5, 5.41) is 14.6. The Balaban J connectivity index is 1.65. The first-order valence-electron chi connectivity index (χ1n) is 9.02. The average Bonchev–Trinajstić information content (AvgIpc) is 3.22. The molecule has 30 heavy (non-hydrogen) atoms. The van der Waals surface area contributed by atoms with E-state index in [1.165, 1.54) is 19.1 Å². The molecule has 3 aromatic rings. The maximum Gasteiger partial charge on any atom is 0.286 e. The van der Waals surface area contributed by atoms with Crippen LogP contribution < -0.4 is 5.32 Å². The summed E-state index contributed by atoms with van der Waals surface area (Å²) < 4.78 is 2.03. The number of nitro groups is 1. The SMILES string of the molecule is CC(=O)NC1=NC(=O)/C(=C\c2cn(Cc3ccc([N+](=O)[O-])cc3)c3ccccc23)S1. The topological polar surface area (TPSA) is 107 Å². The lowest BCUT2D eigenvalue weighted by Gasteiger charge is -2.05.